The molecule has 2 atom stereocenters. The Morgan fingerprint density at radius 2 is 2.07 bits per heavy atom. The van der Waals surface area contributed by atoms with E-state index in [-0.39, 0.29) is 17.7 Å². The molecule has 0 saturated heterocycles. The van der Waals surface area contributed by atoms with Crippen LogP contribution in [0.3, 0.4) is 0 Å². The van der Waals surface area contributed by atoms with E-state index < -0.39 is 10.0 Å². The van der Waals surface area contributed by atoms with Crippen LogP contribution in [0, 0.1) is 5.92 Å². The summed E-state index contributed by atoms with van der Waals surface area (Å²) in [6.45, 7) is 2.19. The van der Waals surface area contributed by atoms with E-state index in [2.05, 4.69) is 6.92 Å². The first-order valence-corrected chi connectivity index (χ1v) is 7.63. The predicted octanol–water partition coefficient (Wildman–Crippen LogP) is 2.07. The third-order valence-electron chi connectivity index (χ3n) is 3.20. The van der Waals surface area contributed by atoms with Gasteiger partial charge in [-0.15, -0.1) is 11.6 Å². The monoisotopic (exact) mass is 253 g/mol. The second-order valence-corrected chi connectivity index (χ2v) is 6.97. The van der Waals surface area contributed by atoms with Crippen molar-refractivity contribution in [1.29, 1.82) is 0 Å². The molecule has 0 bridgehead atoms. The van der Waals surface area contributed by atoms with Crippen molar-refractivity contribution in [3.05, 3.63) is 0 Å². The first-order valence-electron chi connectivity index (χ1n) is 5.49. The van der Waals surface area contributed by atoms with Crippen molar-refractivity contribution in [2.75, 3.05) is 18.7 Å². The molecule has 0 aromatic carbocycles. The van der Waals surface area contributed by atoms with Crippen LogP contribution < -0.4 is 0 Å². The van der Waals surface area contributed by atoms with E-state index in [1.165, 1.54) is 10.7 Å². The lowest BCUT2D eigenvalue weighted by Crippen LogP contribution is -2.41. The fourth-order valence-electron chi connectivity index (χ4n) is 2.20. The molecule has 15 heavy (non-hydrogen) atoms. The van der Waals surface area contributed by atoms with E-state index in [1.807, 2.05) is 0 Å². The second kappa shape index (κ2) is 5.51. The SMILES string of the molecule is CC1CCCC(N(C)S(=O)(=O)CCCl)C1. The van der Waals surface area contributed by atoms with Gasteiger partial charge in [-0.2, -0.15) is 0 Å². The zero-order valence-electron chi connectivity index (χ0n) is 9.45. The number of nitrogens with zero attached hydrogens (tertiary/aromatic N) is 1. The normalized spacial score (nSPS) is 28.3. The molecule has 0 radical (unpaired) electrons. The van der Waals surface area contributed by atoms with Gasteiger partial charge in [0, 0.05) is 19.0 Å². The summed E-state index contributed by atoms with van der Waals surface area (Å²) in [5.74, 6) is 0.864. The van der Waals surface area contributed by atoms with Crippen LogP contribution >= 0.6 is 11.6 Å². The van der Waals surface area contributed by atoms with E-state index in [4.69, 9.17) is 11.6 Å². The molecular formula is C10H20ClNO2S. The van der Waals surface area contributed by atoms with Crippen molar-refractivity contribution in [2.24, 2.45) is 5.92 Å². The molecule has 0 aliphatic heterocycles. The zero-order chi connectivity index (χ0) is 11.5. The van der Waals surface area contributed by atoms with E-state index in [0.717, 1.165) is 19.3 Å². The van der Waals surface area contributed by atoms with Gasteiger partial charge in [-0.25, -0.2) is 12.7 Å². The minimum Gasteiger partial charge on any atom is -0.212 e. The maximum Gasteiger partial charge on any atom is 0.215 e. The molecule has 1 aliphatic rings. The van der Waals surface area contributed by atoms with Crippen molar-refractivity contribution < 1.29 is 8.42 Å². The third kappa shape index (κ3) is 3.61. The predicted molar refractivity (Wildman–Crippen MR) is 63.7 cm³/mol. The molecule has 1 aliphatic carbocycles. The number of alkyl halides is 1. The van der Waals surface area contributed by atoms with Crippen LogP contribution in [-0.2, 0) is 10.0 Å². The van der Waals surface area contributed by atoms with Gasteiger partial charge in [-0.3, -0.25) is 0 Å². The summed E-state index contributed by atoms with van der Waals surface area (Å²) in [5.41, 5.74) is 0. The van der Waals surface area contributed by atoms with Crippen LogP contribution in [-0.4, -0.2) is 37.4 Å². The molecule has 0 heterocycles. The highest BCUT2D eigenvalue weighted by atomic mass is 35.5. The van der Waals surface area contributed by atoms with Gasteiger partial charge in [-0.05, 0) is 18.8 Å². The lowest BCUT2D eigenvalue weighted by atomic mass is 9.87. The van der Waals surface area contributed by atoms with Gasteiger partial charge < -0.3 is 0 Å². The molecule has 0 aromatic rings. The molecule has 1 rings (SSSR count). The van der Waals surface area contributed by atoms with E-state index >= 15 is 0 Å². The maximum absolute atomic E-state index is 11.8. The van der Waals surface area contributed by atoms with Crippen molar-refractivity contribution in [3.63, 3.8) is 0 Å². The smallest absolute Gasteiger partial charge is 0.212 e. The minimum atomic E-state index is -3.13. The van der Waals surface area contributed by atoms with Crippen LogP contribution in [0.25, 0.3) is 0 Å². The van der Waals surface area contributed by atoms with Crippen LogP contribution in [0.2, 0.25) is 0 Å². The molecule has 0 aromatic heterocycles. The molecular weight excluding hydrogens is 234 g/mol. The molecule has 0 spiro atoms. The third-order valence-corrected chi connectivity index (χ3v) is 5.51. The Kier molecular flexibility index (Phi) is 4.87. The Labute approximate surface area is 97.8 Å². The van der Waals surface area contributed by atoms with Gasteiger partial charge >= 0.3 is 0 Å². The van der Waals surface area contributed by atoms with Crippen LogP contribution in [0.1, 0.15) is 32.6 Å². The maximum atomic E-state index is 11.8. The highest BCUT2D eigenvalue weighted by Gasteiger charge is 2.29. The Balaban J connectivity index is 2.62. The number of hydrogen-bond acceptors (Lipinski definition) is 2. The van der Waals surface area contributed by atoms with Gasteiger partial charge in [0.05, 0.1) is 5.75 Å². The van der Waals surface area contributed by atoms with Crippen molar-refractivity contribution in [1.82, 2.24) is 4.31 Å². The largest absolute Gasteiger partial charge is 0.215 e. The van der Waals surface area contributed by atoms with Gasteiger partial charge in [0.25, 0.3) is 0 Å². The lowest BCUT2D eigenvalue weighted by Gasteiger charge is -2.33. The second-order valence-electron chi connectivity index (χ2n) is 4.45. The van der Waals surface area contributed by atoms with Gasteiger partial charge in [0.1, 0.15) is 0 Å². The van der Waals surface area contributed by atoms with E-state index in [9.17, 15) is 8.42 Å². The highest BCUT2D eigenvalue weighted by Crippen LogP contribution is 2.27. The molecule has 0 N–H and O–H groups in total. The van der Waals surface area contributed by atoms with Crippen molar-refractivity contribution >= 4 is 21.6 Å². The van der Waals surface area contributed by atoms with Gasteiger partial charge in [0.15, 0.2) is 0 Å². The fourth-order valence-corrected chi connectivity index (χ4v) is 3.91. The Hall–Kier alpha value is 0.200. The first kappa shape index (κ1) is 13.3. The average Bonchev–Trinajstić information content (AvgIpc) is 2.16. The molecule has 3 nitrogen and oxygen atoms in total. The summed E-state index contributed by atoms with van der Waals surface area (Å²) in [4.78, 5) is 0. The molecule has 1 saturated carbocycles. The van der Waals surface area contributed by atoms with Crippen LogP contribution in [0.15, 0.2) is 0 Å². The first-order chi connectivity index (χ1) is 6.97. The number of hydrogen-bond donors (Lipinski definition) is 0. The summed E-state index contributed by atoms with van der Waals surface area (Å²) in [7, 11) is -1.45. The molecule has 0 amide bonds. The number of sulfonamides is 1. The van der Waals surface area contributed by atoms with Crippen LogP contribution in [0.5, 0.6) is 0 Å². The van der Waals surface area contributed by atoms with Crippen LogP contribution in [0.4, 0.5) is 0 Å². The summed E-state index contributed by atoms with van der Waals surface area (Å²) in [6, 6.07) is 0.182. The summed E-state index contributed by atoms with van der Waals surface area (Å²) < 4.78 is 25.1. The number of halogens is 1. The van der Waals surface area contributed by atoms with Gasteiger partial charge in [0.2, 0.25) is 10.0 Å². The highest BCUT2D eigenvalue weighted by molar-refractivity contribution is 7.89. The molecule has 5 heteroatoms. The Morgan fingerprint density at radius 3 is 2.60 bits per heavy atom. The average molecular weight is 254 g/mol. The summed E-state index contributed by atoms with van der Waals surface area (Å²) in [6.07, 6.45) is 4.33. The molecule has 90 valence electrons. The summed E-state index contributed by atoms with van der Waals surface area (Å²) in [5, 5.41) is 0. The van der Waals surface area contributed by atoms with Gasteiger partial charge in [-0.1, -0.05) is 19.8 Å². The lowest BCUT2D eigenvalue weighted by molar-refractivity contribution is 0.239. The van der Waals surface area contributed by atoms with E-state index in [1.54, 1.807) is 7.05 Å². The Bertz CT molecular complexity index is 292. The zero-order valence-corrected chi connectivity index (χ0v) is 11.0. The van der Waals surface area contributed by atoms with Crippen molar-refractivity contribution in [3.8, 4) is 0 Å². The number of rotatable bonds is 4. The quantitative estimate of drug-likeness (QED) is 0.720. The Morgan fingerprint density at radius 1 is 1.40 bits per heavy atom. The van der Waals surface area contributed by atoms with Crippen molar-refractivity contribution in [2.45, 2.75) is 38.6 Å². The molecule has 2 unspecified atom stereocenters. The fraction of sp³-hybridized carbons (Fsp3) is 1.00. The minimum absolute atomic E-state index is 0.0515. The summed E-state index contributed by atoms with van der Waals surface area (Å²) >= 11 is 5.49. The topological polar surface area (TPSA) is 37.4 Å². The molecule has 1 fully saturated rings. The standard InChI is InChI=1S/C10H20ClNO2S/c1-9-4-3-5-10(8-9)12(2)15(13,14)7-6-11/h9-10H,3-8H2,1-2H3. The van der Waals surface area contributed by atoms with E-state index in [0.29, 0.717) is 5.92 Å².